The van der Waals surface area contributed by atoms with Crippen LogP contribution in [0.1, 0.15) is 17.5 Å². The Bertz CT molecular complexity index is 1050. The smallest absolute Gasteiger partial charge is 0.311 e. The van der Waals surface area contributed by atoms with Crippen molar-refractivity contribution in [3.8, 4) is 0 Å². The zero-order valence-corrected chi connectivity index (χ0v) is 19.6. The number of aliphatic hydroxyl groups excluding tert-OH is 1. The van der Waals surface area contributed by atoms with Crippen LogP contribution in [0.25, 0.3) is 0 Å². The molecule has 0 aliphatic carbocycles. The summed E-state index contributed by atoms with van der Waals surface area (Å²) in [5, 5.41) is 9.24. The van der Waals surface area contributed by atoms with Crippen LogP contribution in [0, 0.1) is 25.7 Å². The Morgan fingerprint density at radius 3 is 2.64 bits per heavy atom. The molecule has 0 bridgehead atoms. The number of esters is 1. The Hall–Kier alpha value is -2.58. The maximum atomic E-state index is 14.2. The van der Waals surface area contributed by atoms with Gasteiger partial charge in [-0.2, -0.15) is 0 Å². The molecule has 8 heteroatoms. The fourth-order valence-electron chi connectivity index (χ4n) is 5.88. The molecule has 1 aromatic carbocycles. The first-order chi connectivity index (χ1) is 15.9. The number of amides is 2. The van der Waals surface area contributed by atoms with Crippen LogP contribution in [-0.4, -0.2) is 70.1 Å². The van der Waals surface area contributed by atoms with E-state index in [1.807, 2.05) is 56.4 Å². The van der Waals surface area contributed by atoms with E-state index in [1.165, 1.54) is 11.8 Å². The minimum Gasteiger partial charge on any atom is -0.461 e. The lowest BCUT2D eigenvalue weighted by atomic mass is 9.78. The summed E-state index contributed by atoms with van der Waals surface area (Å²) in [6, 6.07) is 5.18. The number of fused-ring (bicyclic) bond motifs is 2. The van der Waals surface area contributed by atoms with Crippen molar-refractivity contribution in [2.24, 2.45) is 11.8 Å². The summed E-state index contributed by atoms with van der Waals surface area (Å²) < 4.78 is 4.52. The number of anilines is 1. The van der Waals surface area contributed by atoms with E-state index >= 15 is 0 Å². The molecular weight excluding hydrogens is 440 g/mol. The zero-order valence-electron chi connectivity index (χ0n) is 18.8. The van der Waals surface area contributed by atoms with Gasteiger partial charge in [0.1, 0.15) is 12.6 Å². The van der Waals surface area contributed by atoms with E-state index in [4.69, 9.17) is 4.74 Å². The van der Waals surface area contributed by atoms with Crippen molar-refractivity contribution in [2.75, 3.05) is 31.2 Å². The molecule has 1 aromatic rings. The number of benzene rings is 1. The molecule has 174 valence electrons. The van der Waals surface area contributed by atoms with Gasteiger partial charge in [0.2, 0.25) is 5.91 Å². The Balaban J connectivity index is 1.64. The monoisotopic (exact) mass is 468 g/mol. The van der Waals surface area contributed by atoms with Crippen LogP contribution in [0.4, 0.5) is 5.69 Å². The molecule has 33 heavy (non-hydrogen) atoms. The van der Waals surface area contributed by atoms with Gasteiger partial charge in [-0.25, -0.2) is 0 Å². The average Bonchev–Trinajstić information content (AvgIpc) is 3.08. The van der Waals surface area contributed by atoms with Crippen molar-refractivity contribution in [3.63, 3.8) is 0 Å². The summed E-state index contributed by atoms with van der Waals surface area (Å²) in [6.07, 6.45) is 8.09. The molecule has 1 spiro atoms. The minimum absolute atomic E-state index is 0.0806. The summed E-state index contributed by atoms with van der Waals surface area (Å²) >= 11 is 1.53. The van der Waals surface area contributed by atoms with E-state index in [1.54, 1.807) is 9.80 Å². The van der Waals surface area contributed by atoms with Crippen molar-refractivity contribution in [2.45, 2.75) is 36.3 Å². The van der Waals surface area contributed by atoms with Gasteiger partial charge < -0.3 is 19.6 Å². The number of aryl methyl sites for hydroxylation is 2. The number of cyclic esters (lactones) is 1. The van der Waals surface area contributed by atoms with Crippen LogP contribution in [0.15, 0.2) is 42.5 Å². The molecule has 2 saturated heterocycles. The van der Waals surface area contributed by atoms with Gasteiger partial charge in [-0.3, -0.25) is 14.4 Å². The number of likely N-dealkylation sites (tertiary alicyclic amines) is 1. The second-order valence-corrected chi connectivity index (χ2v) is 10.6. The van der Waals surface area contributed by atoms with Crippen LogP contribution in [0.2, 0.25) is 0 Å². The third-order valence-corrected chi connectivity index (χ3v) is 8.92. The highest BCUT2D eigenvalue weighted by molar-refractivity contribution is 8.02. The lowest BCUT2D eigenvalue weighted by Crippen LogP contribution is -2.53. The molecule has 0 aromatic heterocycles. The van der Waals surface area contributed by atoms with Crippen LogP contribution in [0.5, 0.6) is 0 Å². The summed E-state index contributed by atoms with van der Waals surface area (Å²) in [4.78, 5) is 44.3. The maximum absolute atomic E-state index is 14.2. The zero-order chi connectivity index (χ0) is 23.3. The van der Waals surface area contributed by atoms with Crippen molar-refractivity contribution in [1.29, 1.82) is 0 Å². The Labute approximate surface area is 197 Å². The number of hydrogen-bond donors (Lipinski definition) is 1. The normalized spacial score (nSPS) is 32.9. The number of thioether (sulfide) groups is 1. The fraction of sp³-hybridized carbons (Fsp3) is 0.480. The summed E-state index contributed by atoms with van der Waals surface area (Å²) in [7, 11) is 0. The quantitative estimate of drug-likeness (QED) is 0.537. The maximum Gasteiger partial charge on any atom is 0.311 e. The van der Waals surface area contributed by atoms with Crippen LogP contribution >= 0.6 is 11.8 Å². The molecular formula is C25H28N2O5S. The predicted molar refractivity (Wildman–Crippen MR) is 126 cm³/mol. The van der Waals surface area contributed by atoms with Gasteiger partial charge in [-0.05, 0) is 31.4 Å². The highest BCUT2D eigenvalue weighted by atomic mass is 32.2. The van der Waals surface area contributed by atoms with Gasteiger partial charge in [-0.1, -0.05) is 42.5 Å². The number of carbonyl (C=O) groups excluding carboxylic acids is 3. The highest BCUT2D eigenvalue weighted by Crippen LogP contribution is 2.61. The van der Waals surface area contributed by atoms with E-state index in [2.05, 4.69) is 0 Å². The first kappa shape index (κ1) is 22.2. The van der Waals surface area contributed by atoms with Crippen molar-refractivity contribution in [3.05, 3.63) is 53.6 Å². The number of ether oxygens (including phenoxy) is 1. The van der Waals surface area contributed by atoms with Gasteiger partial charge in [-0.15, -0.1) is 11.8 Å². The van der Waals surface area contributed by atoms with Crippen molar-refractivity contribution < 1.29 is 24.2 Å². The lowest BCUT2D eigenvalue weighted by Gasteiger charge is -2.36. The number of para-hydroxylation sites is 1. The topological polar surface area (TPSA) is 87.2 Å². The van der Waals surface area contributed by atoms with E-state index in [-0.39, 0.29) is 42.8 Å². The van der Waals surface area contributed by atoms with Crippen LogP contribution in [0.3, 0.4) is 0 Å². The predicted octanol–water partition coefficient (Wildman–Crippen LogP) is 2.00. The van der Waals surface area contributed by atoms with Crippen molar-refractivity contribution >= 4 is 35.2 Å². The summed E-state index contributed by atoms with van der Waals surface area (Å²) in [5.41, 5.74) is 2.84. The number of hydrogen-bond acceptors (Lipinski definition) is 6. The van der Waals surface area contributed by atoms with E-state index < -0.39 is 22.6 Å². The van der Waals surface area contributed by atoms with Crippen LogP contribution in [-0.2, 0) is 19.1 Å². The van der Waals surface area contributed by atoms with Gasteiger partial charge in [0, 0.05) is 30.6 Å². The van der Waals surface area contributed by atoms with Gasteiger partial charge in [0.15, 0.2) is 0 Å². The molecule has 7 nitrogen and oxygen atoms in total. The van der Waals surface area contributed by atoms with Crippen LogP contribution < -0.4 is 4.90 Å². The SMILES string of the molecule is Cc1cccc(C)c1N1CC=C[C@]23S[C@H]4C=CCOC(=O)[C@H]4[C@H]2C(=O)N(CCCO)C3C1=O. The highest BCUT2D eigenvalue weighted by Gasteiger charge is 2.71. The molecule has 1 unspecified atom stereocenters. The number of aliphatic hydroxyl groups is 1. The second kappa shape index (κ2) is 8.33. The van der Waals surface area contributed by atoms with E-state index in [0.717, 1.165) is 16.8 Å². The number of carbonyl (C=O) groups is 3. The van der Waals surface area contributed by atoms with Gasteiger partial charge in [0.25, 0.3) is 5.91 Å². The molecule has 5 atom stereocenters. The Morgan fingerprint density at radius 1 is 1.15 bits per heavy atom. The molecule has 0 radical (unpaired) electrons. The molecule has 4 heterocycles. The lowest BCUT2D eigenvalue weighted by molar-refractivity contribution is -0.151. The Kier molecular flexibility index (Phi) is 5.61. The van der Waals surface area contributed by atoms with E-state index in [9.17, 15) is 19.5 Å². The molecule has 4 aliphatic rings. The second-order valence-electron chi connectivity index (χ2n) is 9.10. The molecule has 1 N–H and O–H groups in total. The number of nitrogens with zero attached hydrogens (tertiary/aromatic N) is 2. The third-order valence-electron chi connectivity index (χ3n) is 7.18. The minimum atomic E-state index is -0.856. The van der Waals surface area contributed by atoms with Gasteiger partial charge in [0.05, 0.1) is 16.6 Å². The van der Waals surface area contributed by atoms with Gasteiger partial charge >= 0.3 is 5.97 Å². The largest absolute Gasteiger partial charge is 0.461 e. The summed E-state index contributed by atoms with van der Waals surface area (Å²) in [5.74, 6) is -2.04. The Morgan fingerprint density at radius 2 is 1.91 bits per heavy atom. The van der Waals surface area contributed by atoms with Crippen molar-refractivity contribution in [1.82, 2.24) is 4.90 Å². The fourth-order valence-corrected chi connectivity index (χ4v) is 7.88. The van der Waals surface area contributed by atoms with E-state index in [0.29, 0.717) is 13.0 Å². The average molecular weight is 469 g/mol. The first-order valence-corrected chi connectivity index (χ1v) is 12.3. The first-order valence-electron chi connectivity index (χ1n) is 11.4. The standard InChI is InChI=1S/C25H28N2O5S/c1-15-7-3-8-16(2)20(15)26-11-5-10-25-19(18-17(33-25)9-4-14-32-24(18)31)22(29)27(12-6-13-28)21(25)23(26)30/h3-5,7-10,17-19,21,28H,6,11-14H2,1-2H3/t17-,18+,19-,21?,25-/m0/s1. The molecule has 2 fully saturated rings. The third kappa shape index (κ3) is 3.26. The summed E-state index contributed by atoms with van der Waals surface area (Å²) in [6.45, 7) is 4.75. The number of rotatable bonds is 4. The molecule has 0 saturated carbocycles. The molecule has 2 amide bonds. The molecule has 4 aliphatic heterocycles. The molecule has 5 rings (SSSR count).